The summed E-state index contributed by atoms with van der Waals surface area (Å²) in [7, 11) is 0. The fourth-order valence-corrected chi connectivity index (χ4v) is 4.88. The van der Waals surface area contributed by atoms with Crippen molar-refractivity contribution in [3.05, 3.63) is 53.1 Å². The third-order valence-corrected chi connectivity index (χ3v) is 6.22. The number of pyridine rings is 1. The second-order valence-electron chi connectivity index (χ2n) is 7.48. The maximum absolute atomic E-state index is 5.92. The first-order chi connectivity index (χ1) is 13.1. The van der Waals surface area contributed by atoms with E-state index in [4.69, 9.17) is 17.0 Å². The largest absolute Gasteiger partial charge is 0.376 e. The lowest BCUT2D eigenvalue weighted by Crippen LogP contribution is -2.36. The van der Waals surface area contributed by atoms with Gasteiger partial charge in [-0.2, -0.15) is 0 Å². The highest BCUT2D eigenvalue weighted by molar-refractivity contribution is 7.80. The summed E-state index contributed by atoms with van der Waals surface area (Å²) in [6, 6.07) is 8.58. The highest BCUT2D eigenvalue weighted by atomic mass is 32.1. The molecule has 0 aliphatic carbocycles. The first-order valence-electron chi connectivity index (χ1n) is 9.86. The van der Waals surface area contributed by atoms with Gasteiger partial charge in [0.2, 0.25) is 0 Å². The van der Waals surface area contributed by atoms with Gasteiger partial charge in [-0.15, -0.1) is 0 Å². The van der Waals surface area contributed by atoms with E-state index in [0.717, 1.165) is 43.3 Å². The van der Waals surface area contributed by atoms with Crippen LogP contribution in [-0.4, -0.2) is 38.8 Å². The Morgan fingerprint density at radius 3 is 2.81 bits per heavy atom. The highest BCUT2D eigenvalue weighted by Gasteiger charge is 2.42. The minimum atomic E-state index is 0.0471. The number of ether oxygens (including phenoxy) is 1. The van der Waals surface area contributed by atoms with E-state index in [2.05, 4.69) is 52.7 Å². The Bertz CT molecular complexity index is 813. The molecule has 2 saturated heterocycles. The van der Waals surface area contributed by atoms with E-state index in [1.165, 1.54) is 17.0 Å². The number of hydrogen-bond acceptors (Lipinski definition) is 3. The van der Waals surface area contributed by atoms with E-state index in [0.29, 0.717) is 0 Å². The Hall–Kier alpha value is -1.92. The SMILES string of the molecule is CCn1c(C)cc([C@H]2[C@H](c3ccccn3)NC(=S)N2C[C@@H]2CCCO2)c1C. The van der Waals surface area contributed by atoms with E-state index < -0.39 is 0 Å². The third kappa shape index (κ3) is 3.36. The average Bonchev–Trinajstić information content (AvgIpc) is 3.36. The molecule has 27 heavy (non-hydrogen) atoms. The van der Waals surface area contributed by atoms with Crippen molar-refractivity contribution < 1.29 is 4.74 Å². The van der Waals surface area contributed by atoms with Gasteiger partial charge >= 0.3 is 0 Å². The number of nitrogens with one attached hydrogen (secondary N) is 1. The number of nitrogens with zero attached hydrogens (tertiary/aromatic N) is 3. The molecule has 0 aromatic carbocycles. The van der Waals surface area contributed by atoms with E-state index >= 15 is 0 Å². The number of hydrogen-bond donors (Lipinski definition) is 1. The zero-order valence-corrected chi connectivity index (χ0v) is 17.1. The lowest BCUT2D eigenvalue weighted by atomic mass is 9.96. The predicted molar refractivity (Wildman–Crippen MR) is 111 cm³/mol. The topological polar surface area (TPSA) is 42.3 Å². The van der Waals surface area contributed by atoms with Crippen LogP contribution < -0.4 is 5.32 Å². The van der Waals surface area contributed by atoms with Gasteiger partial charge in [-0.3, -0.25) is 4.98 Å². The Kier molecular flexibility index (Phi) is 5.19. The summed E-state index contributed by atoms with van der Waals surface area (Å²) >= 11 is 5.77. The molecule has 0 radical (unpaired) electrons. The van der Waals surface area contributed by atoms with Gasteiger partial charge in [-0.1, -0.05) is 6.07 Å². The smallest absolute Gasteiger partial charge is 0.170 e. The molecule has 4 rings (SSSR count). The molecule has 2 aromatic heterocycles. The van der Waals surface area contributed by atoms with Crippen LogP contribution in [0.15, 0.2) is 30.5 Å². The second-order valence-corrected chi connectivity index (χ2v) is 7.87. The minimum Gasteiger partial charge on any atom is -0.376 e. The van der Waals surface area contributed by atoms with E-state index in [1.54, 1.807) is 0 Å². The summed E-state index contributed by atoms with van der Waals surface area (Å²) in [5.74, 6) is 0. The molecule has 2 aromatic rings. The van der Waals surface area contributed by atoms with Crippen molar-refractivity contribution in [3.8, 4) is 0 Å². The number of aryl methyl sites for hydroxylation is 1. The van der Waals surface area contributed by atoms with Crippen molar-refractivity contribution in [2.45, 2.75) is 58.3 Å². The number of aromatic nitrogens is 2. The van der Waals surface area contributed by atoms with Crippen molar-refractivity contribution in [1.29, 1.82) is 0 Å². The average molecular weight is 385 g/mol. The van der Waals surface area contributed by atoms with Crippen molar-refractivity contribution in [3.63, 3.8) is 0 Å². The monoisotopic (exact) mass is 384 g/mol. The van der Waals surface area contributed by atoms with Crippen LogP contribution in [0.25, 0.3) is 0 Å². The van der Waals surface area contributed by atoms with Crippen molar-refractivity contribution in [2.24, 2.45) is 0 Å². The molecule has 2 aliphatic heterocycles. The standard InChI is InChI=1S/C21H28N4OS/c1-4-24-14(2)12-17(15(24)3)20-19(18-9-5-6-10-22-18)23-21(27)25(20)13-16-8-7-11-26-16/h5-6,9-10,12,16,19-20H,4,7-8,11,13H2,1-3H3,(H,23,27)/t16-,19-,20-/m0/s1. The number of rotatable bonds is 5. The van der Waals surface area contributed by atoms with E-state index in [1.807, 2.05) is 18.3 Å². The fourth-order valence-electron chi connectivity index (χ4n) is 4.56. The maximum Gasteiger partial charge on any atom is 0.170 e. The van der Waals surface area contributed by atoms with Crippen molar-refractivity contribution in [2.75, 3.05) is 13.2 Å². The van der Waals surface area contributed by atoms with Crippen LogP contribution in [0.4, 0.5) is 0 Å². The van der Waals surface area contributed by atoms with Gasteiger partial charge in [-0.05, 0) is 69.6 Å². The van der Waals surface area contributed by atoms with Gasteiger partial charge in [0.1, 0.15) is 0 Å². The zero-order chi connectivity index (χ0) is 19.0. The molecular formula is C21H28N4OS. The summed E-state index contributed by atoms with van der Waals surface area (Å²) in [4.78, 5) is 6.96. The van der Waals surface area contributed by atoms with Gasteiger partial charge in [0.25, 0.3) is 0 Å². The highest BCUT2D eigenvalue weighted by Crippen LogP contribution is 2.41. The Balaban J connectivity index is 1.75. The Labute approximate surface area is 166 Å². The van der Waals surface area contributed by atoms with Crippen LogP contribution in [-0.2, 0) is 11.3 Å². The Morgan fingerprint density at radius 2 is 2.19 bits per heavy atom. The molecule has 3 atom stereocenters. The molecular weight excluding hydrogens is 356 g/mol. The fraction of sp³-hybridized carbons (Fsp3) is 0.524. The first kappa shape index (κ1) is 18.4. The third-order valence-electron chi connectivity index (χ3n) is 5.87. The molecule has 0 amide bonds. The van der Waals surface area contributed by atoms with E-state index in [-0.39, 0.29) is 18.2 Å². The molecule has 5 nitrogen and oxygen atoms in total. The van der Waals surface area contributed by atoms with Gasteiger partial charge < -0.3 is 19.5 Å². The van der Waals surface area contributed by atoms with Gasteiger partial charge in [0, 0.05) is 37.3 Å². The van der Waals surface area contributed by atoms with Crippen LogP contribution in [0.5, 0.6) is 0 Å². The maximum atomic E-state index is 5.92. The van der Waals surface area contributed by atoms with Crippen LogP contribution in [0.1, 0.15) is 54.5 Å². The van der Waals surface area contributed by atoms with Crippen LogP contribution in [0.3, 0.4) is 0 Å². The first-order valence-corrected chi connectivity index (χ1v) is 10.3. The number of thiocarbonyl (C=S) groups is 1. The second kappa shape index (κ2) is 7.60. The van der Waals surface area contributed by atoms with Crippen LogP contribution in [0, 0.1) is 13.8 Å². The summed E-state index contributed by atoms with van der Waals surface area (Å²) in [5.41, 5.74) is 4.96. The lowest BCUT2D eigenvalue weighted by Gasteiger charge is -2.30. The van der Waals surface area contributed by atoms with Crippen LogP contribution in [0.2, 0.25) is 0 Å². The van der Waals surface area contributed by atoms with Gasteiger partial charge in [0.15, 0.2) is 5.11 Å². The summed E-state index contributed by atoms with van der Waals surface area (Å²) in [6.07, 6.45) is 4.35. The van der Waals surface area contributed by atoms with E-state index in [9.17, 15) is 0 Å². The van der Waals surface area contributed by atoms with Crippen molar-refractivity contribution >= 4 is 17.3 Å². The molecule has 6 heteroatoms. The quantitative estimate of drug-likeness (QED) is 0.797. The molecule has 2 fully saturated rings. The molecule has 0 saturated carbocycles. The Morgan fingerprint density at radius 1 is 1.33 bits per heavy atom. The lowest BCUT2D eigenvalue weighted by molar-refractivity contribution is 0.0841. The van der Waals surface area contributed by atoms with Crippen molar-refractivity contribution in [1.82, 2.24) is 19.8 Å². The molecule has 1 N–H and O–H groups in total. The summed E-state index contributed by atoms with van der Waals surface area (Å²) in [6.45, 7) is 9.25. The van der Waals surface area contributed by atoms with Crippen LogP contribution >= 0.6 is 12.2 Å². The molecule has 0 unspecified atom stereocenters. The molecule has 0 bridgehead atoms. The van der Waals surface area contributed by atoms with Gasteiger partial charge in [0.05, 0.1) is 23.9 Å². The molecule has 4 heterocycles. The summed E-state index contributed by atoms with van der Waals surface area (Å²) in [5, 5.41) is 4.35. The minimum absolute atomic E-state index is 0.0471. The predicted octanol–water partition coefficient (Wildman–Crippen LogP) is 3.67. The molecule has 2 aliphatic rings. The van der Waals surface area contributed by atoms with Gasteiger partial charge in [-0.25, -0.2) is 0 Å². The molecule has 144 valence electrons. The molecule has 0 spiro atoms. The normalized spacial score (nSPS) is 25.2. The zero-order valence-electron chi connectivity index (χ0n) is 16.3. The summed E-state index contributed by atoms with van der Waals surface area (Å²) < 4.78 is 8.29.